The van der Waals surface area contributed by atoms with Crippen LogP contribution in [-0.2, 0) is 4.74 Å². The Morgan fingerprint density at radius 1 is 1.61 bits per heavy atom. The van der Waals surface area contributed by atoms with Gasteiger partial charge in [-0.15, -0.1) is 0 Å². The summed E-state index contributed by atoms with van der Waals surface area (Å²) in [4.78, 5) is 15.1. The van der Waals surface area contributed by atoms with E-state index in [0.29, 0.717) is 0 Å². The normalized spacial score (nSPS) is 31.7. The number of ether oxygens (including phenoxy) is 1. The summed E-state index contributed by atoms with van der Waals surface area (Å²) in [6.07, 6.45) is -1.77. The Bertz CT molecular complexity index is 478. The molecule has 1 unspecified atom stereocenters. The molecule has 9 heteroatoms. The molecule has 18 heavy (non-hydrogen) atoms. The van der Waals surface area contributed by atoms with E-state index in [1.165, 1.54) is 12.3 Å². The zero-order valence-corrected chi connectivity index (χ0v) is 9.30. The number of anilines is 1. The molecule has 0 amide bonds. The van der Waals surface area contributed by atoms with Gasteiger partial charge in [-0.3, -0.25) is 4.57 Å². The van der Waals surface area contributed by atoms with Crippen LogP contribution in [0.25, 0.3) is 0 Å². The largest absolute Gasteiger partial charge is 0.394 e. The van der Waals surface area contributed by atoms with E-state index in [0.717, 1.165) is 4.57 Å². The molecule has 2 rings (SSSR count). The number of nitrogen functional groups attached to an aromatic ring is 1. The predicted octanol–water partition coefficient (Wildman–Crippen LogP) is -2.58. The molecular weight excluding hydrogens is 244 g/mol. The van der Waals surface area contributed by atoms with Crippen LogP contribution in [0.4, 0.5) is 5.82 Å². The van der Waals surface area contributed by atoms with Crippen molar-refractivity contribution in [2.45, 2.75) is 24.5 Å². The van der Waals surface area contributed by atoms with Gasteiger partial charge in [0.2, 0.25) is 0 Å². The van der Waals surface area contributed by atoms with Crippen LogP contribution >= 0.6 is 0 Å². The molecule has 0 aromatic carbocycles. The van der Waals surface area contributed by atoms with Gasteiger partial charge in [0.15, 0.2) is 6.23 Å². The van der Waals surface area contributed by atoms with Gasteiger partial charge in [-0.2, -0.15) is 10.5 Å². The lowest BCUT2D eigenvalue weighted by Crippen LogP contribution is -2.44. The van der Waals surface area contributed by atoms with E-state index in [9.17, 15) is 9.90 Å². The van der Waals surface area contributed by atoms with Crippen LogP contribution in [0.5, 0.6) is 0 Å². The van der Waals surface area contributed by atoms with Crippen molar-refractivity contribution in [2.75, 3.05) is 12.3 Å². The first kappa shape index (κ1) is 12.9. The Morgan fingerprint density at radius 2 is 2.33 bits per heavy atom. The zero-order chi connectivity index (χ0) is 13.3. The molecule has 0 spiro atoms. The van der Waals surface area contributed by atoms with Crippen LogP contribution in [0.15, 0.2) is 17.1 Å². The standard InChI is InChI=1S/C9H14N4O5/c10-5-1-2-13(9(16)11-5)8-7(15)6(12-17)4(3-14)18-8/h1-2,4,6-8,12,14-15,17H,3H2,(H2,10,11,16)/t4-,6?,7-,8-/m1/s1. The van der Waals surface area contributed by atoms with Crippen LogP contribution in [0.3, 0.4) is 0 Å². The lowest BCUT2D eigenvalue weighted by Gasteiger charge is -2.18. The molecule has 1 aromatic heterocycles. The molecule has 1 aromatic rings. The van der Waals surface area contributed by atoms with Gasteiger partial charge in [-0.25, -0.2) is 4.79 Å². The maximum Gasteiger partial charge on any atom is 0.351 e. The Balaban J connectivity index is 2.32. The van der Waals surface area contributed by atoms with Gasteiger partial charge >= 0.3 is 5.69 Å². The number of rotatable bonds is 3. The van der Waals surface area contributed by atoms with E-state index < -0.39 is 36.8 Å². The van der Waals surface area contributed by atoms with Gasteiger partial charge in [-0.1, -0.05) is 0 Å². The molecule has 100 valence electrons. The van der Waals surface area contributed by atoms with Crippen molar-refractivity contribution in [2.24, 2.45) is 0 Å². The van der Waals surface area contributed by atoms with Gasteiger partial charge in [-0.05, 0) is 6.07 Å². The van der Waals surface area contributed by atoms with Gasteiger partial charge in [0, 0.05) is 6.20 Å². The topological polar surface area (TPSA) is 143 Å². The lowest BCUT2D eigenvalue weighted by atomic mass is 10.1. The van der Waals surface area contributed by atoms with E-state index >= 15 is 0 Å². The first-order valence-corrected chi connectivity index (χ1v) is 5.27. The quantitative estimate of drug-likeness (QED) is 0.372. The first-order chi connectivity index (χ1) is 8.58. The van der Waals surface area contributed by atoms with Crippen LogP contribution < -0.4 is 16.9 Å². The van der Waals surface area contributed by atoms with Crippen LogP contribution in [0.1, 0.15) is 6.23 Å². The summed E-state index contributed by atoms with van der Waals surface area (Å²) in [6.45, 7) is -0.414. The Morgan fingerprint density at radius 3 is 2.83 bits per heavy atom. The third kappa shape index (κ3) is 2.09. The highest BCUT2D eigenvalue weighted by atomic mass is 16.6. The average molecular weight is 258 g/mol. The minimum atomic E-state index is -1.21. The van der Waals surface area contributed by atoms with Crippen LogP contribution in [0.2, 0.25) is 0 Å². The highest BCUT2D eigenvalue weighted by molar-refractivity contribution is 5.23. The number of hydroxylamine groups is 1. The van der Waals surface area contributed by atoms with E-state index in [2.05, 4.69) is 4.98 Å². The third-order valence-corrected chi connectivity index (χ3v) is 2.83. The van der Waals surface area contributed by atoms with Crippen molar-refractivity contribution in [3.63, 3.8) is 0 Å². The van der Waals surface area contributed by atoms with E-state index in [1.54, 1.807) is 0 Å². The molecule has 4 atom stereocenters. The summed E-state index contributed by atoms with van der Waals surface area (Å²) >= 11 is 0. The monoisotopic (exact) mass is 258 g/mol. The first-order valence-electron chi connectivity index (χ1n) is 5.27. The fraction of sp³-hybridized carbons (Fsp3) is 0.556. The van der Waals surface area contributed by atoms with Crippen molar-refractivity contribution in [3.8, 4) is 0 Å². The number of hydrogen-bond donors (Lipinski definition) is 5. The maximum absolute atomic E-state index is 11.6. The molecule has 0 aliphatic carbocycles. The lowest BCUT2D eigenvalue weighted by molar-refractivity contribution is -0.0538. The Labute approximate surface area is 101 Å². The molecule has 0 radical (unpaired) electrons. The maximum atomic E-state index is 11.6. The number of aliphatic hydroxyl groups excluding tert-OH is 2. The minimum absolute atomic E-state index is 0.0549. The molecule has 0 bridgehead atoms. The van der Waals surface area contributed by atoms with Crippen LogP contribution in [-0.4, -0.2) is 49.8 Å². The molecule has 1 fully saturated rings. The second kappa shape index (κ2) is 5.00. The molecule has 9 nitrogen and oxygen atoms in total. The van der Waals surface area contributed by atoms with Gasteiger partial charge in [0.25, 0.3) is 0 Å². The molecular formula is C9H14N4O5. The van der Waals surface area contributed by atoms with Crippen molar-refractivity contribution in [1.29, 1.82) is 0 Å². The van der Waals surface area contributed by atoms with Gasteiger partial charge in [0.05, 0.1) is 12.6 Å². The minimum Gasteiger partial charge on any atom is -0.394 e. The summed E-state index contributed by atoms with van der Waals surface area (Å²) in [5.74, 6) is 0.0549. The fourth-order valence-electron chi connectivity index (χ4n) is 1.91. The summed E-state index contributed by atoms with van der Waals surface area (Å²) in [6, 6.07) is 0.481. The zero-order valence-electron chi connectivity index (χ0n) is 9.30. The predicted molar refractivity (Wildman–Crippen MR) is 58.6 cm³/mol. The molecule has 1 aliphatic rings. The highest BCUT2D eigenvalue weighted by Crippen LogP contribution is 2.27. The molecule has 2 heterocycles. The van der Waals surface area contributed by atoms with Crippen molar-refractivity contribution >= 4 is 5.82 Å². The summed E-state index contributed by atoms with van der Waals surface area (Å²) in [5, 5.41) is 27.9. The molecule has 6 N–H and O–H groups in total. The smallest absolute Gasteiger partial charge is 0.351 e. The van der Waals surface area contributed by atoms with E-state index in [1.807, 2.05) is 5.48 Å². The number of nitrogens with one attached hydrogen (secondary N) is 1. The van der Waals surface area contributed by atoms with Crippen molar-refractivity contribution in [3.05, 3.63) is 22.7 Å². The summed E-state index contributed by atoms with van der Waals surface area (Å²) in [7, 11) is 0. The van der Waals surface area contributed by atoms with Crippen LogP contribution in [0, 0.1) is 0 Å². The molecule has 1 saturated heterocycles. The third-order valence-electron chi connectivity index (χ3n) is 2.83. The van der Waals surface area contributed by atoms with E-state index in [4.69, 9.17) is 20.8 Å². The Hall–Kier alpha value is -1.52. The number of aliphatic hydroxyl groups is 2. The highest BCUT2D eigenvalue weighted by Gasteiger charge is 2.44. The fourth-order valence-corrected chi connectivity index (χ4v) is 1.91. The number of nitrogens with zero attached hydrogens (tertiary/aromatic N) is 2. The summed E-state index contributed by atoms with van der Waals surface area (Å²) in [5.41, 5.74) is 6.51. The number of aromatic nitrogens is 2. The van der Waals surface area contributed by atoms with Crippen molar-refractivity contribution in [1.82, 2.24) is 15.0 Å². The summed E-state index contributed by atoms with van der Waals surface area (Å²) < 4.78 is 6.34. The van der Waals surface area contributed by atoms with E-state index in [-0.39, 0.29) is 5.82 Å². The second-order valence-electron chi connectivity index (χ2n) is 3.94. The second-order valence-corrected chi connectivity index (χ2v) is 3.94. The molecule has 0 saturated carbocycles. The van der Waals surface area contributed by atoms with Gasteiger partial charge < -0.3 is 25.9 Å². The molecule has 1 aliphatic heterocycles. The number of hydrogen-bond acceptors (Lipinski definition) is 8. The number of nitrogens with two attached hydrogens (primary N) is 1. The Kier molecular flexibility index (Phi) is 3.59. The van der Waals surface area contributed by atoms with Crippen molar-refractivity contribution < 1.29 is 20.2 Å². The SMILES string of the molecule is Nc1ccn([C@@H]2O[C@H](CO)C(NO)[C@H]2O)c(=O)n1. The average Bonchev–Trinajstić information content (AvgIpc) is 2.66. The van der Waals surface area contributed by atoms with Gasteiger partial charge in [0.1, 0.15) is 18.0 Å².